The zero-order valence-electron chi connectivity index (χ0n) is 15.9. The lowest BCUT2D eigenvalue weighted by molar-refractivity contribution is -0.138. The van der Waals surface area contributed by atoms with Gasteiger partial charge in [-0.25, -0.2) is 4.98 Å². The molecule has 2 heterocycles. The zero-order valence-corrected chi connectivity index (χ0v) is 16.8. The highest BCUT2D eigenvalue weighted by atomic mass is 32.1. The summed E-state index contributed by atoms with van der Waals surface area (Å²) in [4.78, 5) is 21.1. The number of ether oxygens (including phenoxy) is 1. The molecule has 26 heavy (non-hydrogen) atoms. The van der Waals surface area contributed by atoms with Crippen LogP contribution in [0.2, 0.25) is 0 Å². The van der Waals surface area contributed by atoms with E-state index in [0.29, 0.717) is 13.1 Å². The molecular weight excluding hydrogens is 346 g/mol. The second-order valence-electron chi connectivity index (χ2n) is 7.66. The molecule has 6 heteroatoms. The van der Waals surface area contributed by atoms with E-state index in [-0.39, 0.29) is 11.3 Å². The largest absolute Gasteiger partial charge is 0.481 e. The smallest absolute Gasteiger partial charge is 0.263 e. The van der Waals surface area contributed by atoms with Crippen LogP contribution in [0.15, 0.2) is 35.8 Å². The summed E-state index contributed by atoms with van der Waals surface area (Å²) in [6, 6.07) is 8.04. The average molecular weight is 374 g/mol. The number of carbonyl (C=O) groups excluding carboxylic acids is 1. The van der Waals surface area contributed by atoms with Crippen molar-refractivity contribution in [3.63, 3.8) is 0 Å². The van der Waals surface area contributed by atoms with Crippen LogP contribution in [-0.4, -0.2) is 48.1 Å². The SMILES string of the molecule is CC(Oc1ccc(C(C)(C)C)cc1)C(=O)N1CCN(c2nccs2)CC1. The Morgan fingerprint density at radius 2 is 1.81 bits per heavy atom. The maximum Gasteiger partial charge on any atom is 0.263 e. The van der Waals surface area contributed by atoms with Gasteiger partial charge >= 0.3 is 0 Å². The summed E-state index contributed by atoms with van der Waals surface area (Å²) in [7, 11) is 0. The highest BCUT2D eigenvalue weighted by molar-refractivity contribution is 7.13. The average Bonchev–Trinajstić information content (AvgIpc) is 3.15. The molecule has 1 aromatic carbocycles. The molecule has 1 unspecified atom stereocenters. The lowest BCUT2D eigenvalue weighted by atomic mass is 9.87. The lowest BCUT2D eigenvalue weighted by Crippen LogP contribution is -2.52. The number of hydrogen-bond acceptors (Lipinski definition) is 5. The molecule has 1 atom stereocenters. The highest BCUT2D eigenvalue weighted by Gasteiger charge is 2.27. The molecule has 2 aromatic rings. The Morgan fingerprint density at radius 3 is 2.35 bits per heavy atom. The van der Waals surface area contributed by atoms with Gasteiger partial charge in [0.15, 0.2) is 11.2 Å². The van der Waals surface area contributed by atoms with Crippen LogP contribution in [0.25, 0.3) is 0 Å². The number of nitrogens with zero attached hydrogens (tertiary/aromatic N) is 3. The van der Waals surface area contributed by atoms with Gasteiger partial charge in [0.05, 0.1) is 0 Å². The van der Waals surface area contributed by atoms with E-state index in [1.807, 2.05) is 35.5 Å². The Bertz CT molecular complexity index is 715. The number of rotatable bonds is 4. The predicted molar refractivity (Wildman–Crippen MR) is 106 cm³/mol. The van der Waals surface area contributed by atoms with Gasteiger partial charge in [-0.05, 0) is 30.0 Å². The molecule has 1 aliphatic rings. The van der Waals surface area contributed by atoms with Crippen molar-refractivity contribution in [2.45, 2.75) is 39.2 Å². The van der Waals surface area contributed by atoms with Crippen LogP contribution in [0.4, 0.5) is 5.13 Å². The lowest BCUT2D eigenvalue weighted by Gasteiger charge is -2.35. The number of aromatic nitrogens is 1. The first-order chi connectivity index (χ1) is 12.3. The molecule has 0 spiro atoms. The first kappa shape index (κ1) is 18.7. The molecule has 0 saturated carbocycles. The van der Waals surface area contributed by atoms with Gasteiger partial charge in [0, 0.05) is 37.8 Å². The molecule has 5 nitrogen and oxygen atoms in total. The first-order valence-electron chi connectivity index (χ1n) is 9.05. The van der Waals surface area contributed by atoms with Gasteiger partial charge in [0.2, 0.25) is 0 Å². The third-order valence-electron chi connectivity index (χ3n) is 4.66. The molecule has 1 amide bonds. The maximum absolute atomic E-state index is 12.7. The number of thiazole rings is 1. The van der Waals surface area contributed by atoms with E-state index < -0.39 is 6.10 Å². The van der Waals surface area contributed by atoms with E-state index >= 15 is 0 Å². The fraction of sp³-hybridized carbons (Fsp3) is 0.500. The monoisotopic (exact) mass is 373 g/mol. The van der Waals surface area contributed by atoms with Crippen LogP contribution in [0.3, 0.4) is 0 Å². The minimum atomic E-state index is -0.484. The van der Waals surface area contributed by atoms with Gasteiger partial charge in [-0.3, -0.25) is 4.79 Å². The van der Waals surface area contributed by atoms with Crippen LogP contribution >= 0.6 is 11.3 Å². The van der Waals surface area contributed by atoms with Crippen molar-refractivity contribution in [3.8, 4) is 5.75 Å². The van der Waals surface area contributed by atoms with Crippen LogP contribution in [0.5, 0.6) is 5.75 Å². The van der Waals surface area contributed by atoms with E-state index in [2.05, 4.69) is 42.8 Å². The van der Waals surface area contributed by atoms with Crippen molar-refractivity contribution < 1.29 is 9.53 Å². The summed E-state index contributed by atoms with van der Waals surface area (Å²) >= 11 is 1.64. The number of benzene rings is 1. The highest BCUT2D eigenvalue weighted by Crippen LogP contribution is 2.25. The molecule has 0 N–H and O–H groups in total. The minimum absolute atomic E-state index is 0.0451. The zero-order chi connectivity index (χ0) is 18.7. The molecule has 1 fully saturated rings. The van der Waals surface area contributed by atoms with Gasteiger partial charge in [0.25, 0.3) is 5.91 Å². The Kier molecular flexibility index (Phi) is 5.51. The van der Waals surface area contributed by atoms with Gasteiger partial charge in [-0.2, -0.15) is 0 Å². The topological polar surface area (TPSA) is 45.7 Å². The van der Waals surface area contributed by atoms with Gasteiger partial charge in [-0.1, -0.05) is 32.9 Å². The van der Waals surface area contributed by atoms with E-state index in [4.69, 9.17) is 4.74 Å². The molecule has 1 aromatic heterocycles. The third-order valence-corrected chi connectivity index (χ3v) is 5.49. The second-order valence-corrected chi connectivity index (χ2v) is 8.53. The van der Waals surface area contributed by atoms with Gasteiger partial charge in [-0.15, -0.1) is 11.3 Å². The molecule has 0 bridgehead atoms. The quantitative estimate of drug-likeness (QED) is 0.822. The van der Waals surface area contributed by atoms with E-state index in [1.165, 1.54) is 5.56 Å². The van der Waals surface area contributed by atoms with Gasteiger partial charge in [0.1, 0.15) is 5.75 Å². The molecule has 1 saturated heterocycles. The number of carbonyl (C=O) groups is 1. The standard InChI is InChI=1S/C20H27N3O2S/c1-15(25-17-7-5-16(6-8-17)20(2,3)4)18(24)22-10-12-23(13-11-22)19-21-9-14-26-19/h5-9,14-15H,10-13H2,1-4H3. The molecule has 0 aliphatic carbocycles. The fourth-order valence-corrected chi connectivity index (χ4v) is 3.73. The Balaban J connectivity index is 1.53. The summed E-state index contributed by atoms with van der Waals surface area (Å²) < 4.78 is 5.88. The molecular formula is C20H27N3O2S. The minimum Gasteiger partial charge on any atom is -0.481 e. The maximum atomic E-state index is 12.7. The summed E-state index contributed by atoms with van der Waals surface area (Å²) in [5, 5.41) is 3.01. The summed E-state index contributed by atoms with van der Waals surface area (Å²) in [5.41, 5.74) is 1.36. The van der Waals surface area contributed by atoms with Crippen molar-refractivity contribution in [2.75, 3.05) is 31.1 Å². The van der Waals surface area contributed by atoms with Crippen molar-refractivity contribution in [3.05, 3.63) is 41.4 Å². The Morgan fingerprint density at radius 1 is 1.15 bits per heavy atom. The first-order valence-corrected chi connectivity index (χ1v) is 9.93. The van der Waals surface area contributed by atoms with Crippen LogP contribution in [0.1, 0.15) is 33.3 Å². The molecule has 140 valence electrons. The van der Waals surface area contributed by atoms with Crippen molar-refractivity contribution in [1.29, 1.82) is 0 Å². The van der Waals surface area contributed by atoms with Crippen LogP contribution < -0.4 is 9.64 Å². The second kappa shape index (κ2) is 7.66. The predicted octanol–water partition coefficient (Wildman–Crippen LogP) is 3.56. The number of hydrogen-bond donors (Lipinski definition) is 0. The number of anilines is 1. The number of amides is 1. The Hall–Kier alpha value is -2.08. The molecule has 3 rings (SSSR count). The molecule has 0 radical (unpaired) electrons. The van der Waals surface area contributed by atoms with Gasteiger partial charge < -0.3 is 14.5 Å². The van der Waals surface area contributed by atoms with E-state index in [9.17, 15) is 4.79 Å². The summed E-state index contributed by atoms with van der Waals surface area (Å²) in [6.07, 6.45) is 1.33. The summed E-state index contributed by atoms with van der Waals surface area (Å²) in [5.74, 6) is 0.781. The van der Waals surface area contributed by atoms with Crippen LogP contribution in [-0.2, 0) is 10.2 Å². The number of piperazine rings is 1. The Labute approximate surface area is 159 Å². The van der Waals surface area contributed by atoms with E-state index in [0.717, 1.165) is 24.0 Å². The third kappa shape index (κ3) is 4.36. The summed E-state index contributed by atoms with van der Waals surface area (Å²) in [6.45, 7) is 11.4. The van der Waals surface area contributed by atoms with Crippen LogP contribution in [0, 0.1) is 0 Å². The molecule has 1 aliphatic heterocycles. The fourth-order valence-electron chi connectivity index (χ4n) is 3.04. The van der Waals surface area contributed by atoms with E-state index in [1.54, 1.807) is 11.3 Å². The van der Waals surface area contributed by atoms with Crippen molar-refractivity contribution >= 4 is 22.4 Å². The van der Waals surface area contributed by atoms with Crippen molar-refractivity contribution in [2.24, 2.45) is 0 Å². The normalized spacial score (nSPS) is 16.5. The van der Waals surface area contributed by atoms with Crippen molar-refractivity contribution in [1.82, 2.24) is 9.88 Å².